The summed E-state index contributed by atoms with van der Waals surface area (Å²) in [5.74, 6) is 2.67. The Morgan fingerprint density at radius 1 is 0.935 bits per heavy atom. The van der Waals surface area contributed by atoms with Gasteiger partial charge >= 0.3 is 0 Å². The molecular weight excluding hydrogens is 406 g/mol. The SMILES string of the molecule is c1ccc(COc2ccc(CN3CCC(c4nnc(-c5ccsc5)o4)CC3)cc2)cc1. The molecule has 2 aromatic carbocycles. The first-order valence-corrected chi connectivity index (χ1v) is 11.6. The predicted octanol–water partition coefficient (Wildman–Crippen LogP) is 5.76. The lowest BCUT2D eigenvalue weighted by Gasteiger charge is -2.30. The molecule has 1 fully saturated rings. The number of aromatic nitrogens is 2. The lowest BCUT2D eigenvalue weighted by molar-refractivity contribution is 0.193. The number of hydrogen-bond acceptors (Lipinski definition) is 6. The van der Waals surface area contributed by atoms with Gasteiger partial charge in [-0.1, -0.05) is 42.5 Å². The Balaban J connectivity index is 1.10. The minimum absolute atomic E-state index is 0.352. The minimum atomic E-state index is 0.352. The highest BCUT2D eigenvalue weighted by atomic mass is 32.1. The fourth-order valence-corrected chi connectivity index (χ4v) is 4.56. The summed E-state index contributed by atoms with van der Waals surface area (Å²) in [6.45, 7) is 3.62. The van der Waals surface area contributed by atoms with E-state index in [2.05, 4.69) is 51.5 Å². The smallest absolute Gasteiger partial charge is 0.248 e. The van der Waals surface area contributed by atoms with Crippen molar-refractivity contribution in [3.63, 3.8) is 0 Å². The molecule has 1 aliphatic rings. The number of nitrogens with zero attached hydrogens (tertiary/aromatic N) is 3. The van der Waals surface area contributed by atoms with Crippen LogP contribution in [-0.4, -0.2) is 28.2 Å². The van der Waals surface area contributed by atoms with E-state index in [1.807, 2.05) is 35.0 Å². The molecule has 5 nitrogen and oxygen atoms in total. The lowest BCUT2D eigenvalue weighted by Crippen LogP contribution is -2.32. The van der Waals surface area contributed by atoms with E-state index in [4.69, 9.17) is 9.15 Å². The molecule has 1 saturated heterocycles. The van der Waals surface area contributed by atoms with Crippen molar-refractivity contribution < 1.29 is 9.15 Å². The maximum Gasteiger partial charge on any atom is 0.248 e. The average molecular weight is 432 g/mol. The molecule has 31 heavy (non-hydrogen) atoms. The average Bonchev–Trinajstić information content (AvgIpc) is 3.52. The standard InChI is InChI=1S/C25H25N3O2S/c1-2-4-20(5-3-1)17-29-23-8-6-19(7-9-23)16-28-13-10-21(11-14-28)24-26-27-25(30-24)22-12-15-31-18-22/h1-9,12,15,18,21H,10-11,13-14,16-17H2. The fourth-order valence-electron chi connectivity index (χ4n) is 3.93. The van der Waals surface area contributed by atoms with Crippen molar-refractivity contribution in [2.24, 2.45) is 0 Å². The van der Waals surface area contributed by atoms with Crippen molar-refractivity contribution in [1.29, 1.82) is 0 Å². The minimum Gasteiger partial charge on any atom is -0.489 e. The Morgan fingerprint density at radius 2 is 1.74 bits per heavy atom. The molecule has 0 spiro atoms. The summed E-state index contributed by atoms with van der Waals surface area (Å²) in [6.07, 6.45) is 2.09. The van der Waals surface area contributed by atoms with Crippen molar-refractivity contribution in [1.82, 2.24) is 15.1 Å². The second-order valence-corrected chi connectivity index (χ2v) is 8.71. The predicted molar refractivity (Wildman–Crippen MR) is 122 cm³/mol. The van der Waals surface area contributed by atoms with E-state index < -0.39 is 0 Å². The van der Waals surface area contributed by atoms with Gasteiger partial charge in [-0.25, -0.2) is 0 Å². The molecule has 0 bridgehead atoms. The van der Waals surface area contributed by atoms with E-state index in [0.29, 0.717) is 18.4 Å². The molecule has 1 aliphatic heterocycles. The van der Waals surface area contributed by atoms with Crippen LogP contribution in [0.25, 0.3) is 11.5 Å². The molecule has 4 aromatic rings. The number of piperidine rings is 1. The van der Waals surface area contributed by atoms with Crippen molar-refractivity contribution in [3.05, 3.63) is 88.4 Å². The van der Waals surface area contributed by atoms with Gasteiger partial charge in [0.2, 0.25) is 11.8 Å². The van der Waals surface area contributed by atoms with Crippen LogP contribution in [0.2, 0.25) is 0 Å². The number of thiophene rings is 1. The molecule has 0 unspecified atom stereocenters. The van der Waals surface area contributed by atoms with E-state index in [9.17, 15) is 0 Å². The third-order valence-corrected chi connectivity index (χ3v) is 6.41. The van der Waals surface area contributed by atoms with Crippen LogP contribution in [0.3, 0.4) is 0 Å². The van der Waals surface area contributed by atoms with E-state index in [0.717, 1.165) is 49.7 Å². The molecule has 0 atom stereocenters. The maximum absolute atomic E-state index is 5.94. The Morgan fingerprint density at radius 3 is 2.48 bits per heavy atom. The van der Waals surface area contributed by atoms with Crippen LogP contribution in [-0.2, 0) is 13.2 Å². The van der Waals surface area contributed by atoms with Crippen LogP contribution in [0, 0.1) is 0 Å². The number of rotatable bonds is 7. The first-order valence-electron chi connectivity index (χ1n) is 10.7. The molecule has 3 heterocycles. The Bertz CT molecular complexity index is 1070. The zero-order valence-electron chi connectivity index (χ0n) is 17.3. The van der Waals surface area contributed by atoms with Crippen LogP contribution >= 0.6 is 11.3 Å². The van der Waals surface area contributed by atoms with Gasteiger partial charge in [0.05, 0.1) is 0 Å². The van der Waals surface area contributed by atoms with Gasteiger partial charge in [-0.3, -0.25) is 4.90 Å². The van der Waals surface area contributed by atoms with Gasteiger partial charge < -0.3 is 9.15 Å². The molecule has 0 amide bonds. The number of likely N-dealkylation sites (tertiary alicyclic amines) is 1. The number of ether oxygens (including phenoxy) is 1. The van der Waals surface area contributed by atoms with Crippen LogP contribution in [0.5, 0.6) is 5.75 Å². The fraction of sp³-hybridized carbons (Fsp3) is 0.280. The second kappa shape index (κ2) is 9.45. The highest BCUT2D eigenvalue weighted by Crippen LogP contribution is 2.30. The zero-order valence-corrected chi connectivity index (χ0v) is 18.1. The number of benzene rings is 2. The Labute approximate surface area is 186 Å². The van der Waals surface area contributed by atoms with E-state index in [-0.39, 0.29) is 0 Å². The van der Waals surface area contributed by atoms with Crippen molar-refractivity contribution in [2.75, 3.05) is 13.1 Å². The van der Waals surface area contributed by atoms with E-state index in [1.54, 1.807) is 11.3 Å². The van der Waals surface area contributed by atoms with E-state index >= 15 is 0 Å². The molecule has 0 saturated carbocycles. The zero-order chi connectivity index (χ0) is 20.9. The Kier molecular flexibility index (Phi) is 6.09. The maximum atomic E-state index is 5.94. The summed E-state index contributed by atoms with van der Waals surface area (Å²) in [7, 11) is 0. The van der Waals surface area contributed by atoms with Crippen LogP contribution < -0.4 is 4.74 Å². The molecule has 0 aliphatic carbocycles. The lowest BCUT2D eigenvalue weighted by atomic mass is 9.96. The molecule has 5 rings (SSSR count). The van der Waals surface area contributed by atoms with Gasteiger partial charge in [-0.15, -0.1) is 10.2 Å². The Hall–Kier alpha value is -2.96. The first-order chi connectivity index (χ1) is 15.3. The van der Waals surface area contributed by atoms with Gasteiger partial charge in [0.1, 0.15) is 12.4 Å². The molecular formula is C25H25N3O2S. The highest BCUT2D eigenvalue weighted by molar-refractivity contribution is 7.08. The van der Waals surface area contributed by atoms with Crippen LogP contribution in [0.1, 0.15) is 35.8 Å². The largest absolute Gasteiger partial charge is 0.489 e. The highest BCUT2D eigenvalue weighted by Gasteiger charge is 2.25. The first kappa shape index (κ1) is 20.0. The summed E-state index contributed by atoms with van der Waals surface area (Å²) in [6, 6.07) is 20.7. The van der Waals surface area contributed by atoms with Crippen molar-refractivity contribution in [3.8, 4) is 17.2 Å². The normalized spacial score (nSPS) is 15.2. The van der Waals surface area contributed by atoms with Gasteiger partial charge in [-0.05, 0) is 60.6 Å². The second-order valence-electron chi connectivity index (χ2n) is 7.93. The molecule has 0 N–H and O–H groups in total. The summed E-state index contributed by atoms with van der Waals surface area (Å²) in [4.78, 5) is 2.49. The quantitative estimate of drug-likeness (QED) is 0.372. The molecule has 6 heteroatoms. The summed E-state index contributed by atoms with van der Waals surface area (Å²) in [5, 5.41) is 12.6. The monoisotopic (exact) mass is 431 g/mol. The van der Waals surface area contributed by atoms with Gasteiger partial charge in [0, 0.05) is 23.4 Å². The van der Waals surface area contributed by atoms with Crippen molar-refractivity contribution in [2.45, 2.75) is 31.9 Å². The molecule has 2 aromatic heterocycles. The summed E-state index contributed by atoms with van der Waals surface area (Å²) in [5.41, 5.74) is 3.50. The van der Waals surface area contributed by atoms with Gasteiger partial charge in [0.25, 0.3) is 0 Å². The third kappa shape index (κ3) is 5.03. The van der Waals surface area contributed by atoms with E-state index in [1.165, 1.54) is 11.1 Å². The summed E-state index contributed by atoms with van der Waals surface area (Å²) >= 11 is 1.64. The number of hydrogen-bond donors (Lipinski definition) is 0. The summed E-state index contributed by atoms with van der Waals surface area (Å²) < 4.78 is 11.8. The molecule has 158 valence electrons. The van der Waals surface area contributed by atoms with Gasteiger partial charge in [0.15, 0.2) is 0 Å². The third-order valence-electron chi connectivity index (χ3n) is 5.72. The topological polar surface area (TPSA) is 51.4 Å². The molecule has 0 radical (unpaired) electrons. The van der Waals surface area contributed by atoms with Crippen LogP contribution in [0.4, 0.5) is 0 Å². The van der Waals surface area contributed by atoms with Crippen molar-refractivity contribution >= 4 is 11.3 Å². The van der Waals surface area contributed by atoms with Crippen LogP contribution in [0.15, 0.2) is 75.8 Å². The van der Waals surface area contributed by atoms with Gasteiger partial charge in [-0.2, -0.15) is 11.3 Å².